The van der Waals surface area contributed by atoms with Gasteiger partial charge in [-0.05, 0) is 18.2 Å². The van der Waals surface area contributed by atoms with Gasteiger partial charge in [0, 0.05) is 12.4 Å². The lowest BCUT2D eigenvalue weighted by molar-refractivity contribution is 0.627. The molecule has 0 saturated carbocycles. The first-order chi connectivity index (χ1) is 8.20. The van der Waals surface area contributed by atoms with Crippen LogP contribution in [0.15, 0.2) is 30.6 Å². The van der Waals surface area contributed by atoms with Crippen molar-refractivity contribution in [1.29, 1.82) is 5.26 Å². The minimum absolute atomic E-state index is 0.173. The zero-order chi connectivity index (χ0) is 12.3. The lowest BCUT2D eigenvalue weighted by Crippen LogP contribution is -1.98. The van der Waals surface area contributed by atoms with Crippen LogP contribution in [0.1, 0.15) is 5.56 Å². The molecule has 0 fully saturated rings. The van der Waals surface area contributed by atoms with Gasteiger partial charge < -0.3 is 5.32 Å². The zero-order valence-corrected chi connectivity index (χ0v) is 9.24. The van der Waals surface area contributed by atoms with Crippen LogP contribution in [0, 0.1) is 17.1 Å². The van der Waals surface area contributed by atoms with Crippen molar-refractivity contribution in [3.8, 4) is 6.07 Å². The van der Waals surface area contributed by atoms with Crippen LogP contribution >= 0.6 is 11.6 Å². The predicted molar refractivity (Wildman–Crippen MR) is 61.4 cm³/mol. The molecule has 0 atom stereocenters. The van der Waals surface area contributed by atoms with Gasteiger partial charge in [-0.2, -0.15) is 5.26 Å². The number of rotatable bonds is 2. The first-order valence-electron chi connectivity index (χ1n) is 4.64. The predicted octanol–water partition coefficient (Wildman–Crippen LogP) is 2.88. The Kier molecular flexibility index (Phi) is 3.17. The van der Waals surface area contributed by atoms with E-state index < -0.39 is 5.82 Å². The fourth-order valence-corrected chi connectivity index (χ4v) is 1.40. The van der Waals surface area contributed by atoms with E-state index in [0.29, 0.717) is 11.5 Å². The molecule has 2 rings (SSSR count). The number of benzene rings is 1. The van der Waals surface area contributed by atoms with Gasteiger partial charge in [0.2, 0.25) is 0 Å². The molecule has 0 saturated heterocycles. The monoisotopic (exact) mass is 248 g/mol. The molecule has 4 nitrogen and oxygen atoms in total. The maximum atomic E-state index is 12.9. The topological polar surface area (TPSA) is 61.6 Å². The highest BCUT2D eigenvalue weighted by atomic mass is 35.5. The van der Waals surface area contributed by atoms with Crippen molar-refractivity contribution in [2.45, 2.75) is 0 Å². The number of anilines is 2. The summed E-state index contributed by atoms with van der Waals surface area (Å²) in [4.78, 5) is 7.79. The molecular formula is C11H6ClFN4. The number of hydrogen-bond donors (Lipinski definition) is 1. The highest BCUT2D eigenvalue weighted by molar-refractivity contribution is 6.31. The maximum Gasteiger partial charge on any atom is 0.171 e. The second-order valence-corrected chi connectivity index (χ2v) is 3.48. The standard InChI is InChI=1S/C11H6ClFN4/c12-10-11(16-4-3-15-10)17-9-2-1-8(13)5-7(9)6-14/h1-5H,(H,16,17). The largest absolute Gasteiger partial charge is 0.337 e. The third-order valence-corrected chi connectivity index (χ3v) is 2.29. The van der Waals surface area contributed by atoms with Crippen molar-refractivity contribution in [1.82, 2.24) is 9.97 Å². The average molecular weight is 249 g/mol. The molecule has 1 aromatic carbocycles. The molecule has 1 heterocycles. The lowest BCUT2D eigenvalue weighted by atomic mass is 10.2. The first kappa shape index (κ1) is 11.3. The normalized spacial score (nSPS) is 9.71. The average Bonchev–Trinajstić information content (AvgIpc) is 2.34. The smallest absolute Gasteiger partial charge is 0.171 e. The number of nitrogens with zero attached hydrogens (tertiary/aromatic N) is 3. The molecule has 0 aliphatic carbocycles. The summed E-state index contributed by atoms with van der Waals surface area (Å²) in [5, 5.41) is 11.9. The maximum absolute atomic E-state index is 12.9. The van der Waals surface area contributed by atoms with E-state index in [1.807, 2.05) is 6.07 Å². The molecule has 0 aliphatic heterocycles. The van der Waals surface area contributed by atoms with E-state index in [0.717, 1.165) is 6.07 Å². The van der Waals surface area contributed by atoms with E-state index in [2.05, 4.69) is 15.3 Å². The highest BCUT2D eigenvalue weighted by Crippen LogP contribution is 2.23. The molecule has 1 N–H and O–H groups in total. The van der Waals surface area contributed by atoms with E-state index in [4.69, 9.17) is 16.9 Å². The summed E-state index contributed by atoms with van der Waals surface area (Å²) in [6, 6.07) is 5.70. The third-order valence-electron chi connectivity index (χ3n) is 2.01. The molecule has 0 bridgehead atoms. The molecule has 84 valence electrons. The summed E-state index contributed by atoms with van der Waals surface area (Å²) in [6.45, 7) is 0. The summed E-state index contributed by atoms with van der Waals surface area (Å²) in [5.41, 5.74) is 0.600. The number of nitrogens with one attached hydrogen (secondary N) is 1. The first-order valence-corrected chi connectivity index (χ1v) is 5.01. The van der Waals surface area contributed by atoms with Gasteiger partial charge in [-0.1, -0.05) is 11.6 Å². The Morgan fingerprint density at radius 3 is 2.76 bits per heavy atom. The van der Waals surface area contributed by atoms with Gasteiger partial charge in [-0.15, -0.1) is 0 Å². The van der Waals surface area contributed by atoms with Crippen molar-refractivity contribution in [3.05, 3.63) is 47.1 Å². The Labute approximate surface area is 102 Å². The van der Waals surface area contributed by atoms with Crippen LogP contribution in [0.4, 0.5) is 15.9 Å². The van der Waals surface area contributed by atoms with Crippen LogP contribution in [0.2, 0.25) is 5.15 Å². The molecule has 17 heavy (non-hydrogen) atoms. The van der Waals surface area contributed by atoms with Crippen LogP contribution in [0.3, 0.4) is 0 Å². The van der Waals surface area contributed by atoms with Crippen molar-refractivity contribution >= 4 is 23.1 Å². The van der Waals surface area contributed by atoms with Gasteiger partial charge in [0.05, 0.1) is 11.3 Å². The van der Waals surface area contributed by atoms with Crippen molar-refractivity contribution in [2.24, 2.45) is 0 Å². The van der Waals surface area contributed by atoms with Crippen LogP contribution in [-0.2, 0) is 0 Å². The Balaban J connectivity index is 2.37. The SMILES string of the molecule is N#Cc1cc(F)ccc1Nc1nccnc1Cl. The fourth-order valence-electron chi connectivity index (χ4n) is 1.25. The van der Waals surface area contributed by atoms with E-state index in [-0.39, 0.29) is 10.7 Å². The Morgan fingerprint density at radius 1 is 1.29 bits per heavy atom. The lowest BCUT2D eigenvalue weighted by Gasteiger charge is -2.07. The molecule has 0 aliphatic rings. The molecule has 0 unspecified atom stereocenters. The van der Waals surface area contributed by atoms with Gasteiger partial charge in [0.25, 0.3) is 0 Å². The van der Waals surface area contributed by atoms with Crippen molar-refractivity contribution < 1.29 is 4.39 Å². The molecule has 0 spiro atoms. The van der Waals surface area contributed by atoms with Crippen molar-refractivity contribution in [2.75, 3.05) is 5.32 Å². The quantitative estimate of drug-likeness (QED) is 0.888. The van der Waals surface area contributed by atoms with Crippen LogP contribution in [0.5, 0.6) is 0 Å². The van der Waals surface area contributed by atoms with Crippen LogP contribution in [-0.4, -0.2) is 9.97 Å². The van der Waals surface area contributed by atoms with Gasteiger partial charge >= 0.3 is 0 Å². The zero-order valence-electron chi connectivity index (χ0n) is 8.48. The van der Waals surface area contributed by atoms with E-state index in [1.165, 1.54) is 24.5 Å². The minimum Gasteiger partial charge on any atom is -0.337 e. The molecule has 2 aromatic rings. The Hall–Kier alpha value is -2.19. The number of nitriles is 1. The number of aromatic nitrogens is 2. The molecule has 0 radical (unpaired) electrons. The van der Waals surface area contributed by atoms with Gasteiger partial charge in [0.15, 0.2) is 11.0 Å². The fraction of sp³-hybridized carbons (Fsp3) is 0. The van der Waals surface area contributed by atoms with Gasteiger partial charge in [0.1, 0.15) is 11.9 Å². The molecular weight excluding hydrogens is 243 g/mol. The van der Waals surface area contributed by atoms with Gasteiger partial charge in [-0.3, -0.25) is 0 Å². The summed E-state index contributed by atoms with van der Waals surface area (Å²) < 4.78 is 12.9. The summed E-state index contributed by atoms with van der Waals surface area (Å²) in [6.07, 6.45) is 2.91. The van der Waals surface area contributed by atoms with E-state index in [9.17, 15) is 4.39 Å². The number of hydrogen-bond acceptors (Lipinski definition) is 4. The molecule has 6 heteroatoms. The number of halogens is 2. The van der Waals surface area contributed by atoms with Crippen molar-refractivity contribution in [3.63, 3.8) is 0 Å². The summed E-state index contributed by atoms with van der Waals surface area (Å²) in [5.74, 6) is -0.158. The van der Waals surface area contributed by atoms with E-state index >= 15 is 0 Å². The van der Waals surface area contributed by atoms with Gasteiger partial charge in [-0.25, -0.2) is 14.4 Å². The van der Waals surface area contributed by atoms with E-state index in [1.54, 1.807) is 0 Å². The van der Waals surface area contributed by atoms with Crippen LogP contribution < -0.4 is 5.32 Å². The highest BCUT2D eigenvalue weighted by Gasteiger charge is 2.07. The summed E-state index contributed by atoms with van der Waals surface area (Å²) in [7, 11) is 0. The second-order valence-electron chi connectivity index (χ2n) is 3.12. The third kappa shape index (κ3) is 2.49. The summed E-state index contributed by atoms with van der Waals surface area (Å²) >= 11 is 5.81. The van der Waals surface area contributed by atoms with Crippen LogP contribution in [0.25, 0.3) is 0 Å². The molecule has 1 aromatic heterocycles. The Bertz CT molecular complexity index is 594. The minimum atomic E-state index is -0.475. The molecule has 0 amide bonds. The Morgan fingerprint density at radius 2 is 2.06 bits per heavy atom. The second kappa shape index (κ2) is 4.76.